The first-order valence-corrected chi connectivity index (χ1v) is 15.0. The average Bonchev–Trinajstić information content (AvgIpc) is 3.40. The van der Waals surface area contributed by atoms with E-state index in [1.807, 2.05) is 22.7 Å². The van der Waals surface area contributed by atoms with E-state index in [9.17, 15) is 0 Å². The van der Waals surface area contributed by atoms with E-state index >= 15 is 0 Å². The summed E-state index contributed by atoms with van der Waals surface area (Å²) >= 11 is 3.91. The summed E-state index contributed by atoms with van der Waals surface area (Å²) < 4.78 is 2.84. The van der Waals surface area contributed by atoms with Gasteiger partial charge in [-0.3, -0.25) is 0 Å². The number of fused-ring (bicyclic) bond motifs is 5. The number of thiophene rings is 2. The normalized spacial score (nSPS) is 12.5. The van der Waals surface area contributed by atoms with E-state index in [4.69, 9.17) is 0 Å². The van der Waals surface area contributed by atoms with Crippen molar-refractivity contribution < 1.29 is 0 Å². The van der Waals surface area contributed by atoms with Crippen molar-refractivity contribution in [3.8, 4) is 10.4 Å². The molecule has 2 aromatic heterocycles. The number of hydrogen-bond acceptors (Lipinski definition) is 2. The second-order valence-corrected chi connectivity index (χ2v) is 13.4. The first-order valence-electron chi connectivity index (χ1n) is 13.4. The molecule has 0 radical (unpaired) electrons. The van der Waals surface area contributed by atoms with Crippen LogP contribution in [-0.4, -0.2) is 0 Å². The van der Waals surface area contributed by atoms with Crippen LogP contribution in [0.1, 0.15) is 32.7 Å². The van der Waals surface area contributed by atoms with Crippen LogP contribution in [0.3, 0.4) is 0 Å². The molecule has 0 aliphatic carbocycles. The first kappa shape index (κ1) is 22.5. The third-order valence-corrected chi connectivity index (χ3v) is 11.6. The minimum absolute atomic E-state index is 1.36. The topological polar surface area (TPSA) is 0 Å². The zero-order valence-corrected chi connectivity index (χ0v) is 24.2. The molecule has 0 aliphatic heterocycles. The van der Waals surface area contributed by atoms with Crippen molar-refractivity contribution in [3.63, 3.8) is 0 Å². The molecule has 0 atom stereocenters. The molecule has 0 aliphatic rings. The number of benzene rings is 6. The van der Waals surface area contributed by atoms with Crippen molar-refractivity contribution in [2.24, 2.45) is 0 Å². The van der Waals surface area contributed by atoms with Gasteiger partial charge in [0.25, 0.3) is 0 Å². The molecular weight excluding hydrogens is 497 g/mol. The molecule has 0 nitrogen and oxygen atoms in total. The molecule has 0 unspecified atom stereocenters. The highest BCUT2D eigenvalue weighted by Crippen LogP contribution is 2.48. The van der Waals surface area contributed by atoms with Crippen LogP contribution < -0.4 is 0 Å². The maximum atomic E-state index is 2.44. The van der Waals surface area contributed by atoms with E-state index < -0.39 is 0 Å². The predicted molar refractivity (Wildman–Crippen MR) is 172 cm³/mol. The van der Waals surface area contributed by atoms with Gasteiger partial charge in [-0.15, -0.1) is 22.7 Å². The van der Waals surface area contributed by atoms with E-state index in [1.165, 1.54) is 106 Å². The van der Waals surface area contributed by atoms with Crippen molar-refractivity contribution in [1.29, 1.82) is 0 Å². The Morgan fingerprint density at radius 1 is 0.421 bits per heavy atom. The van der Waals surface area contributed by atoms with E-state index in [2.05, 4.69) is 102 Å². The lowest BCUT2D eigenvalue weighted by molar-refractivity contribution is 1.45. The van der Waals surface area contributed by atoms with Gasteiger partial charge in [-0.05, 0) is 119 Å². The number of rotatable bonds is 1. The summed E-state index contributed by atoms with van der Waals surface area (Å²) in [6.07, 6.45) is 0. The lowest BCUT2D eigenvalue weighted by atomic mass is 9.86. The molecule has 8 rings (SSSR count). The zero-order valence-electron chi connectivity index (χ0n) is 22.6. The lowest BCUT2D eigenvalue weighted by Crippen LogP contribution is -1.92. The molecule has 184 valence electrons. The Morgan fingerprint density at radius 2 is 0.868 bits per heavy atom. The molecule has 0 saturated carbocycles. The molecule has 2 heteroatoms. The maximum absolute atomic E-state index is 2.44. The Hall–Kier alpha value is -3.46. The minimum Gasteiger partial charge on any atom is -0.140 e. The van der Waals surface area contributed by atoms with E-state index in [0.29, 0.717) is 0 Å². The number of hydrogen-bond donors (Lipinski definition) is 0. The van der Waals surface area contributed by atoms with Gasteiger partial charge in [0.1, 0.15) is 0 Å². The quantitative estimate of drug-likeness (QED) is 0.187. The van der Waals surface area contributed by atoms with Gasteiger partial charge in [-0.1, -0.05) is 54.6 Å². The SMILES string of the molecule is Cc1sc2c(ccc3c2ccc2c(C)c(-c4cc(C)c5ccc6c(C)cc(C)c7ccc4c5c67)sc23)c1C. The van der Waals surface area contributed by atoms with Crippen LogP contribution in [0.15, 0.2) is 60.7 Å². The fourth-order valence-corrected chi connectivity index (χ4v) is 9.44. The van der Waals surface area contributed by atoms with Gasteiger partial charge < -0.3 is 0 Å². The van der Waals surface area contributed by atoms with Crippen LogP contribution in [0.25, 0.3) is 73.7 Å². The van der Waals surface area contributed by atoms with Crippen molar-refractivity contribution in [1.82, 2.24) is 0 Å². The van der Waals surface area contributed by atoms with E-state index in [-0.39, 0.29) is 0 Å². The predicted octanol–water partition coefficient (Wildman–Crippen LogP) is 11.7. The third-order valence-electron chi connectivity index (χ3n) is 9.00. The molecule has 0 saturated heterocycles. The van der Waals surface area contributed by atoms with E-state index in [1.54, 1.807) is 0 Å². The highest BCUT2D eigenvalue weighted by Gasteiger charge is 2.20. The average molecular weight is 525 g/mol. The van der Waals surface area contributed by atoms with Crippen LogP contribution in [0.2, 0.25) is 0 Å². The Kier molecular flexibility index (Phi) is 4.48. The molecule has 0 fully saturated rings. The molecule has 8 aromatic rings. The van der Waals surface area contributed by atoms with Crippen LogP contribution in [-0.2, 0) is 0 Å². The summed E-state index contributed by atoms with van der Waals surface area (Å²) in [5, 5.41) is 13.9. The minimum atomic E-state index is 1.36. The van der Waals surface area contributed by atoms with Crippen molar-refractivity contribution in [2.75, 3.05) is 0 Å². The van der Waals surface area contributed by atoms with Gasteiger partial charge in [0.05, 0.1) is 0 Å². The smallest absolute Gasteiger partial charge is 0.0431 e. The molecule has 6 aromatic carbocycles. The largest absolute Gasteiger partial charge is 0.140 e. The van der Waals surface area contributed by atoms with Crippen LogP contribution in [0.5, 0.6) is 0 Å². The fraction of sp³-hybridized carbons (Fsp3) is 0.167. The Balaban J connectivity index is 1.49. The third kappa shape index (κ3) is 2.75. The number of aryl methyl sites for hydroxylation is 6. The van der Waals surface area contributed by atoms with Gasteiger partial charge in [-0.25, -0.2) is 0 Å². The maximum Gasteiger partial charge on any atom is 0.0431 e. The summed E-state index contributed by atoms with van der Waals surface area (Å²) in [6.45, 7) is 13.6. The Morgan fingerprint density at radius 3 is 1.50 bits per heavy atom. The van der Waals surface area contributed by atoms with Crippen molar-refractivity contribution >= 4 is 85.9 Å². The molecule has 0 amide bonds. The van der Waals surface area contributed by atoms with Gasteiger partial charge in [0, 0.05) is 35.5 Å². The molecule has 38 heavy (non-hydrogen) atoms. The van der Waals surface area contributed by atoms with Gasteiger partial charge in [0.15, 0.2) is 0 Å². The first-order chi connectivity index (χ1) is 18.3. The summed E-state index contributed by atoms with van der Waals surface area (Å²) in [5.74, 6) is 0. The lowest BCUT2D eigenvalue weighted by Gasteiger charge is -2.18. The standard InChI is InChI=1S/C36H28S2/c1-17-15-18(2)24-9-12-28-31(16-19(3)25-8-7-23(17)32(24)33(25)28)34-21(5)27-11-14-29-30(36(27)38-34)13-10-26-20(4)22(6)37-35(26)29/h7-16H,1-6H3. The Labute approximate surface area is 230 Å². The highest BCUT2D eigenvalue weighted by molar-refractivity contribution is 7.24. The monoisotopic (exact) mass is 524 g/mol. The highest BCUT2D eigenvalue weighted by atomic mass is 32.1. The molecule has 2 heterocycles. The van der Waals surface area contributed by atoms with Crippen LogP contribution in [0.4, 0.5) is 0 Å². The van der Waals surface area contributed by atoms with Crippen LogP contribution >= 0.6 is 22.7 Å². The molecule has 0 N–H and O–H groups in total. The fourth-order valence-electron chi connectivity index (χ4n) is 6.88. The van der Waals surface area contributed by atoms with Gasteiger partial charge >= 0.3 is 0 Å². The molecule has 0 bridgehead atoms. The van der Waals surface area contributed by atoms with Gasteiger partial charge in [-0.2, -0.15) is 0 Å². The zero-order chi connectivity index (χ0) is 26.0. The summed E-state index contributed by atoms with van der Waals surface area (Å²) in [7, 11) is 0. The van der Waals surface area contributed by atoms with Crippen LogP contribution in [0, 0.1) is 41.5 Å². The molecule has 0 spiro atoms. The second-order valence-electron chi connectivity index (χ2n) is 11.1. The Bertz CT molecular complexity index is 2270. The van der Waals surface area contributed by atoms with Crippen molar-refractivity contribution in [3.05, 3.63) is 93.4 Å². The van der Waals surface area contributed by atoms with E-state index in [0.717, 1.165) is 0 Å². The summed E-state index contributed by atoms with van der Waals surface area (Å²) in [6, 6.07) is 23.6. The van der Waals surface area contributed by atoms with Crippen molar-refractivity contribution in [2.45, 2.75) is 41.5 Å². The molecular formula is C36H28S2. The summed E-state index contributed by atoms with van der Waals surface area (Å²) in [5.41, 5.74) is 8.27. The summed E-state index contributed by atoms with van der Waals surface area (Å²) in [4.78, 5) is 2.82. The van der Waals surface area contributed by atoms with Gasteiger partial charge in [0.2, 0.25) is 0 Å². The second kappa shape index (κ2) is 7.56.